The van der Waals surface area contributed by atoms with E-state index in [2.05, 4.69) is 24.3 Å². The van der Waals surface area contributed by atoms with Gasteiger partial charge in [-0.3, -0.25) is 4.79 Å². The smallest absolute Gasteiger partial charge is 0.139 e. The van der Waals surface area contributed by atoms with E-state index in [1.165, 1.54) is 19.3 Å². The van der Waals surface area contributed by atoms with Crippen LogP contribution in [0.25, 0.3) is 0 Å². The molecule has 2 unspecified atom stereocenters. The van der Waals surface area contributed by atoms with Gasteiger partial charge in [-0.25, -0.2) is 0 Å². The van der Waals surface area contributed by atoms with Gasteiger partial charge in [0.2, 0.25) is 0 Å². The number of hydrogen-bond acceptors (Lipinski definition) is 5. The van der Waals surface area contributed by atoms with Gasteiger partial charge in [-0.15, -0.1) is 0 Å². The Balaban J connectivity index is 1.52. The summed E-state index contributed by atoms with van der Waals surface area (Å²) in [6.45, 7) is 6.48. The summed E-state index contributed by atoms with van der Waals surface area (Å²) in [5.41, 5.74) is 6.72. The Labute approximate surface area is 169 Å². The number of ketones is 1. The summed E-state index contributed by atoms with van der Waals surface area (Å²) < 4.78 is 0. The van der Waals surface area contributed by atoms with Crippen LogP contribution in [-0.4, -0.2) is 35.8 Å². The molecule has 0 aromatic heterocycles. The van der Waals surface area contributed by atoms with Crippen LogP contribution in [0.3, 0.4) is 0 Å². The third-order valence-electron chi connectivity index (χ3n) is 9.38. The lowest BCUT2D eigenvalue weighted by atomic mass is 9.44. The molecule has 0 aliphatic heterocycles. The minimum absolute atomic E-state index is 0.118. The van der Waals surface area contributed by atoms with E-state index in [0.29, 0.717) is 35.5 Å². The molecule has 4 saturated carbocycles. The maximum absolute atomic E-state index is 12.6. The van der Waals surface area contributed by atoms with Crippen LogP contribution in [0.4, 0.5) is 0 Å². The van der Waals surface area contributed by atoms with Crippen LogP contribution in [0, 0.1) is 34.5 Å². The number of carbonyl (C=O) groups is 1. The first kappa shape index (κ1) is 20.3. The van der Waals surface area contributed by atoms with Gasteiger partial charge in [0.25, 0.3) is 0 Å². The van der Waals surface area contributed by atoms with Gasteiger partial charge >= 0.3 is 0 Å². The minimum atomic E-state index is -0.118. The zero-order valence-corrected chi connectivity index (χ0v) is 17.8. The van der Waals surface area contributed by atoms with Crippen LogP contribution in [0.15, 0.2) is 5.16 Å². The van der Waals surface area contributed by atoms with Crippen molar-refractivity contribution >= 4 is 11.5 Å². The summed E-state index contributed by atoms with van der Waals surface area (Å²) in [5.74, 6) is 2.54. The van der Waals surface area contributed by atoms with Crippen molar-refractivity contribution in [1.82, 2.24) is 5.32 Å². The molecule has 158 valence electrons. The van der Waals surface area contributed by atoms with Crippen molar-refractivity contribution in [1.29, 1.82) is 0 Å². The van der Waals surface area contributed by atoms with Gasteiger partial charge in [-0.2, -0.15) is 0 Å². The van der Waals surface area contributed by atoms with Crippen molar-refractivity contribution in [3.63, 3.8) is 0 Å². The second-order valence-corrected chi connectivity index (χ2v) is 10.6. The molecule has 7 atom stereocenters. The molecule has 0 bridgehead atoms. The fraction of sp³-hybridized carbons (Fsp3) is 0.913. The van der Waals surface area contributed by atoms with Crippen molar-refractivity contribution in [2.75, 3.05) is 13.1 Å². The number of Topliss-reactive ketones (excluding diaryl/α,β-unsaturated/α-hetero) is 1. The van der Waals surface area contributed by atoms with Gasteiger partial charge in [-0.1, -0.05) is 19.0 Å². The van der Waals surface area contributed by atoms with E-state index < -0.39 is 0 Å². The number of unbranched alkanes of at least 4 members (excludes halogenated alkanes) is 1. The van der Waals surface area contributed by atoms with E-state index in [0.717, 1.165) is 63.7 Å². The fourth-order valence-corrected chi connectivity index (χ4v) is 7.71. The highest BCUT2D eigenvalue weighted by atomic mass is 16.4. The molecule has 0 radical (unpaired) electrons. The van der Waals surface area contributed by atoms with Crippen LogP contribution in [0.2, 0.25) is 0 Å². The molecular weight excluding hydrogens is 350 g/mol. The lowest BCUT2D eigenvalue weighted by molar-refractivity contribution is -0.133. The summed E-state index contributed by atoms with van der Waals surface area (Å²) in [6, 6.07) is 0.520. The van der Waals surface area contributed by atoms with Crippen LogP contribution in [-0.2, 0) is 4.79 Å². The molecule has 5 heteroatoms. The molecule has 4 aliphatic rings. The van der Waals surface area contributed by atoms with E-state index in [1.807, 2.05) is 0 Å². The molecule has 0 aromatic rings. The Hall–Kier alpha value is -0.940. The lowest BCUT2D eigenvalue weighted by Crippen LogP contribution is -2.58. The molecule has 0 amide bonds. The minimum Gasteiger partial charge on any atom is -0.411 e. The monoisotopic (exact) mass is 389 g/mol. The SMILES string of the molecule is C[C@]12CCC(NCCCCN)CC1/C(=N\O)C[C@@H]1[C@H]2CC[C@]2(C)C(=O)CC[C@@H]12. The third kappa shape index (κ3) is 3.13. The summed E-state index contributed by atoms with van der Waals surface area (Å²) in [5, 5.41) is 17.5. The fourth-order valence-electron chi connectivity index (χ4n) is 7.71. The summed E-state index contributed by atoms with van der Waals surface area (Å²) in [6.07, 6.45) is 10.6. The molecule has 5 nitrogen and oxygen atoms in total. The van der Waals surface area contributed by atoms with Crippen molar-refractivity contribution < 1.29 is 10.0 Å². The standard InChI is InChI=1S/C23H39N3O2/c1-22-9-7-15(25-12-4-3-11-24)13-19(22)20(26-28)14-16-17-5-6-21(27)23(17,2)10-8-18(16)22/h15-19,25,28H,3-14,24H2,1-2H3/b26-20-/t15?,16-,17-,18+,19?,22+,23-/m0/s1. The number of nitrogens with zero attached hydrogens (tertiary/aromatic N) is 1. The van der Waals surface area contributed by atoms with Crippen molar-refractivity contribution in [3.8, 4) is 0 Å². The van der Waals surface area contributed by atoms with Gasteiger partial charge < -0.3 is 16.3 Å². The molecule has 4 fully saturated rings. The molecule has 0 heterocycles. The summed E-state index contributed by atoms with van der Waals surface area (Å²) in [7, 11) is 0. The van der Waals surface area contributed by atoms with E-state index in [9.17, 15) is 10.0 Å². The van der Waals surface area contributed by atoms with Gasteiger partial charge in [0.1, 0.15) is 5.78 Å². The topological polar surface area (TPSA) is 87.7 Å². The maximum atomic E-state index is 12.6. The van der Waals surface area contributed by atoms with E-state index >= 15 is 0 Å². The Bertz CT molecular complexity index is 635. The highest BCUT2D eigenvalue weighted by molar-refractivity contribution is 5.90. The second-order valence-electron chi connectivity index (χ2n) is 10.6. The number of hydrogen-bond donors (Lipinski definition) is 3. The average molecular weight is 390 g/mol. The average Bonchev–Trinajstić information content (AvgIpc) is 3.00. The lowest BCUT2D eigenvalue weighted by Gasteiger charge is -2.60. The molecule has 0 saturated heterocycles. The first-order valence-corrected chi connectivity index (χ1v) is 11.6. The Morgan fingerprint density at radius 2 is 2.00 bits per heavy atom. The molecule has 28 heavy (non-hydrogen) atoms. The predicted octanol–water partition coefficient (Wildman–Crippen LogP) is 3.74. The summed E-state index contributed by atoms with van der Waals surface area (Å²) >= 11 is 0. The Morgan fingerprint density at radius 3 is 2.75 bits per heavy atom. The van der Waals surface area contributed by atoms with Gasteiger partial charge in [0.05, 0.1) is 5.71 Å². The van der Waals surface area contributed by atoms with Crippen molar-refractivity contribution in [2.24, 2.45) is 45.4 Å². The molecular formula is C23H39N3O2. The Morgan fingerprint density at radius 1 is 1.18 bits per heavy atom. The maximum Gasteiger partial charge on any atom is 0.139 e. The van der Waals surface area contributed by atoms with E-state index in [1.54, 1.807) is 0 Å². The number of nitrogens with two attached hydrogens (primary N) is 1. The van der Waals surface area contributed by atoms with Gasteiger partial charge in [0, 0.05) is 23.8 Å². The van der Waals surface area contributed by atoms with E-state index in [-0.39, 0.29) is 10.8 Å². The first-order valence-electron chi connectivity index (χ1n) is 11.6. The number of rotatable bonds is 5. The molecule has 0 spiro atoms. The molecule has 0 aromatic carbocycles. The van der Waals surface area contributed by atoms with E-state index in [4.69, 9.17) is 5.73 Å². The highest BCUT2D eigenvalue weighted by Crippen LogP contribution is 2.64. The van der Waals surface area contributed by atoms with Crippen LogP contribution in [0.5, 0.6) is 0 Å². The number of fused-ring (bicyclic) bond motifs is 5. The highest BCUT2D eigenvalue weighted by Gasteiger charge is 2.61. The number of oxime groups is 1. The predicted molar refractivity (Wildman–Crippen MR) is 111 cm³/mol. The zero-order valence-electron chi connectivity index (χ0n) is 17.8. The molecule has 4 rings (SSSR count). The zero-order chi connectivity index (χ0) is 19.9. The van der Waals surface area contributed by atoms with Crippen LogP contribution in [0.1, 0.15) is 78.1 Å². The van der Waals surface area contributed by atoms with Gasteiger partial charge in [-0.05, 0) is 94.0 Å². The van der Waals surface area contributed by atoms with Crippen molar-refractivity contribution in [3.05, 3.63) is 0 Å². The van der Waals surface area contributed by atoms with Crippen LogP contribution < -0.4 is 11.1 Å². The van der Waals surface area contributed by atoms with Gasteiger partial charge in [0.15, 0.2) is 0 Å². The summed E-state index contributed by atoms with van der Waals surface area (Å²) in [4.78, 5) is 12.6. The Kier molecular flexibility index (Phi) is 5.60. The van der Waals surface area contributed by atoms with Crippen molar-refractivity contribution in [2.45, 2.75) is 84.1 Å². The molecule has 4 aliphatic carbocycles. The number of carbonyl (C=O) groups excluding carboxylic acids is 1. The quantitative estimate of drug-likeness (QED) is 0.380. The van der Waals surface area contributed by atoms with Crippen LogP contribution >= 0.6 is 0 Å². The normalized spacial score (nSPS) is 46.9. The first-order chi connectivity index (χ1) is 13.4. The third-order valence-corrected chi connectivity index (χ3v) is 9.38. The largest absolute Gasteiger partial charge is 0.411 e. The second kappa shape index (κ2) is 7.71. The molecule has 4 N–H and O–H groups in total. The number of nitrogens with one attached hydrogen (secondary N) is 1.